The Kier molecular flexibility index (Phi) is 5.36. The summed E-state index contributed by atoms with van der Waals surface area (Å²) in [5.41, 5.74) is 1.36. The first-order valence-corrected chi connectivity index (χ1v) is 9.02. The summed E-state index contributed by atoms with van der Waals surface area (Å²) in [4.78, 5) is 37.8. The molecule has 1 saturated heterocycles. The van der Waals surface area contributed by atoms with Gasteiger partial charge < -0.3 is 15.5 Å². The maximum Gasteiger partial charge on any atom is 0.228 e. The Balaban J connectivity index is 1.51. The Morgan fingerprint density at radius 3 is 2.00 bits per heavy atom. The summed E-state index contributed by atoms with van der Waals surface area (Å²) in [5.74, 6) is -0.462. The first kappa shape index (κ1) is 17.5. The highest BCUT2D eigenvalue weighted by molar-refractivity contribution is 5.99. The van der Waals surface area contributed by atoms with Gasteiger partial charge in [0.25, 0.3) is 0 Å². The van der Waals surface area contributed by atoms with E-state index < -0.39 is 0 Å². The number of nitrogens with one attached hydrogen (secondary N) is 2. The summed E-state index contributed by atoms with van der Waals surface area (Å²) in [6.45, 7) is 3.10. The van der Waals surface area contributed by atoms with Gasteiger partial charge in [-0.2, -0.15) is 0 Å². The smallest absolute Gasteiger partial charge is 0.228 e. The van der Waals surface area contributed by atoms with Gasteiger partial charge in [-0.15, -0.1) is 0 Å². The number of hydrogen-bond donors (Lipinski definition) is 2. The van der Waals surface area contributed by atoms with Crippen LogP contribution in [0.5, 0.6) is 0 Å². The number of nitrogens with zero attached hydrogens (tertiary/aromatic N) is 1. The molecule has 1 aromatic rings. The first-order chi connectivity index (χ1) is 12.0. The molecule has 2 unspecified atom stereocenters. The van der Waals surface area contributed by atoms with Crippen LogP contribution in [0.1, 0.15) is 39.0 Å². The van der Waals surface area contributed by atoms with Gasteiger partial charge in [0.05, 0.1) is 11.8 Å². The topological polar surface area (TPSA) is 78.5 Å². The molecular formula is C19H25N3O3. The molecule has 0 spiro atoms. The van der Waals surface area contributed by atoms with E-state index in [1.165, 1.54) is 19.8 Å². The minimum absolute atomic E-state index is 0.0968. The van der Waals surface area contributed by atoms with Crippen LogP contribution >= 0.6 is 0 Å². The molecule has 3 rings (SSSR count). The lowest BCUT2D eigenvalue weighted by molar-refractivity contribution is -0.134. The van der Waals surface area contributed by atoms with Crippen LogP contribution in [0.2, 0.25) is 0 Å². The van der Waals surface area contributed by atoms with Crippen LogP contribution in [0.25, 0.3) is 0 Å². The predicted octanol–water partition coefficient (Wildman–Crippen LogP) is 2.62. The van der Waals surface area contributed by atoms with E-state index in [0.717, 1.165) is 25.9 Å². The minimum atomic E-state index is -0.217. The standard InChI is InChI=1S/C19H25N3O3/c1-13(23)20-14-6-8-15(9-7-14)21-18(24)16-12-17(16)19(25)22-10-4-2-3-5-11-22/h6-9,16-17H,2-5,10-12H2,1H3,(H,20,23)(H,21,24). The summed E-state index contributed by atoms with van der Waals surface area (Å²) >= 11 is 0. The van der Waals surface area contributed by atoms with Crippen molar-refractivity contribution in [2.24, 2.45) is 11.8 Å². The second-order valence-corrected chi connectivity index (χ2v) is 6.94. The van der Waals surface area contributed by atoms with Gasteiger partial charge >= 0.3 is 0 Å². The number of hydrogen-bond acceptors (Lipinski definition) is 3. The van der Waals surface area contributed by atoms with Gasteiger partial charge in [0, 0.05) is 31.4 Å². The van der Waals surface area contributed by atoms with E-state index in [4.69, 9.17) is 0 Å². The molecule has 2 fully saturated rings. The van der Waals surface area contributed by atoms with Crippen LogP contribution < -0.4 is 10.6 Å². The number of likely N-dealkylation sites (tertiary alicyclic amines) is 1. The van der Waals surface area contributed by atoms with E-state index in [1.54, 1.807) is 24.3 Å². The summed E-state index contributed by atoms with van der Waals surface area (Å²) in [7, 11) is 0. The highest BCUT2D eigenvalue weighted by Gasteiger charge is 2.49. The lowest BCUT2D eigenvalue weighted by Crippen LogP contribution is -2.34. The van der Waals surface area contributed by atoms with Crippen molar-refractivity contribution < 1.29 is 14.4 Å². The molecule has 1 aromatic carbocycles. The van der Waals surface area contributed by atoms with Crippen molar-refractivity contribution in [1.29, 1.82) is 0 Å². The van der Waals surface area contributed by atoms with E-state index in [1.807, 2.05) is 4.90 Å². The van der Waals surface area contributed by atoms with Crippen LogP contribution in [0.4, 0.5) is 11.4 Å². The summed E-state index contributed by atoms with van der Waals surface area (Å²) in [6.07, 6.45) is 5.15. The van der Waals surface area contributed by atoms with Crippen molar-refractivity contribution in [2.75, 3.05) is 23.7 Å². The van der Waals surface area contributed by atoms with E-state index in [9.17, 15) is 14.4 Å². The highest BCUT2D eigenvalue weighted by Crippen LogP contribution is 2.41. The summed E-state index contributed by atoms with van der Waals surface area (Å²) in [5, 5.41) is 5.54. The van der Waals surface area contributed by atoms with Crippen LogP contribution in [0, 0.1) is 11.8 Å². The fourth-order valence-electron chi connectivity index (χ4n) is 3.36. The molecule has 1 saturated carbocycles. The van der Waals surface area contributed by atoms with Crippen LogP contribution in [0.15, 0.2) is 24.3 Å². The van der Waals surface area contributed by atoms with Crippen molar-refractivity contribution in [3.63, 3.8) is 0 Å². The molecule has 2 atom stereocenters. The highest BCUT2D eigenvalue weighted by atomic mass is 16.2. The third kappa shape index (κ3) is 4.59. The Morgan fingerprint density at radius 1 is 0.880 bits per heavy atom. The molecule has 134 valence electrons. The zero-order valence-corrected chi connectivity index (χ0v) is 14.6. The second-order valence-electron chi connectivity index (χ2n) is 6.94. The molecule has 3 amide bonds. The van der Waals surface area contributed by atoms with Gasteiger partial charge in [-0.3, -0.25) is 14.4 Å². The number of benzene rings is 1. The lowest BCUT2D eigenvalue weighted by atomic mass is 10.2. The second kappa shape index (κ2) is 7.68. The quantitative estimate of drug-likeness (QED) is 0.882. The third-order valence-electron chi connectivity index (χ3n) is 4.83. The van der Waals surface area contributed by atoms with Gasteiger partial charge in [-0.1, -0.05) is 12.8 Å². The van der Waals surface area contributed by atoms with Crippen LogP contribution in [-0.4, -0.2) is 35.7 Å². The average Bonchev–Trinajstić information content (AvgIpc) is 3.39. The number of amides is 3. The Hall–Kier alpha value is -2.37. The Morgan fingerprint density at radius 2 is 1.44 bits per heavy atom. The van der Waals surface area contributed by atoms with E-state index in [0.29, 0.717) is 17.8 Å². The molecule has 1 aliphatic heterocycles. The van der Waals surface area contributed by atoms with Crippen LogP contribution in [0.3, 0.4) is 0 Å². The summed E-state index contributed by atoms with van der Waals surface area (Å²) in [6, 6.07) is 6.97. The number of carbonyl (C=O) groups is 3. The average molecular weight is 343 g/mol. The maximum absolute atomic E-state index is 12.5. The van der Waals surface area contributed by atoms with Gasteiger partial charge in [0.15, 0.2) is 0 Å². The number of anilines is 2. The fraction of sp³-hybridized carbons (Fsp3) is 0.526. The molecular weight excluding hydrogens is 318 g/mol. The molecule has 0 bridgehead atoms. The molecule has 6 nitrogen and oxygen atoms in total. The molecule has 25 heavy (non-hydrogen) atoms. The van der Waals surface area contributed by atoms with Crippen LogP contribution in [-0.2, 0) is 14.4 Å². The summed E-state index contributed by atoms with van der Waals surface area (Å²) < 4.78 is 0. The van der Waals surface area contributed by atoms with Gasteiger partial charge in [0.1, 0.15) is 0 Å². The predicted molar refractivity (Wildman–Crippen MR) is 96.0 cm³/mol. The maximum atomic E-state index is 12.5. The third-order valence-corrected chi connectivity index (χ3v) is 4.83. The molecule has 1 aliphatic carbocycles. The van der Waals surface area contributed by atoms with E-state index in [2.05, 4.69) is 10.6 Å². The Bertz CT molecular complexity index is 648. The number of carbonyl (C=O) groups excluding carboxylic acids is 3. The zero-order chi connectivity index (χ0) is 17.8. The number of rotatable bonds is 4. The molecule has 2 N–H and O–H groups in total. The van der Waals surface area contributed by atoms with Crippen molar-refractivity contribution in [3.8, 4) is 0 Å². The van der Waals surface area contributed by atoms with Crippen molar-refractivity contribution in [3.05, 3.63) is 24.3 Å². The monoisotopic (exact) mass is 343 g/mol. The molecule has 2 aliphatic rings. The zero-order valence-electron chi connectivity index (χ0n) is 14.6. The van der Waals surface area contributed by atoms with Crippen molar-refractivity contribution in [1.82, 2.24) is 4.90 Å². The molecule has 6 heteroatoms. The van der Waals surface area contributed by atoms with Crippen molar-refractivity contribution >= 4 is 29.1 Å². The lowest BCUT2D eigenvalue weighted by Gasteiger charge is -2.20. The SMILES string of the molecule is CC(=O)Nc1ccc(NC(=O)C2CC2C(=O)N2CCCCCC2)cc1. The van der Waals surface area contributed by atoms with Gasteiger partial charge in [-0.05, 0) is 43.5 Å². The molecule has 1 heterocycles. The molecule has 0 radical (unpaired) electrons. The first-order valence-electron chi connectivity index (χ1n) is 9.02. The van der Waals surface area contributed by atoms with Gasteiger partial charge in [-0.25, -0.2) is 0 Å². The van der Waals surface area contributed by atoms with Crippen molar-refractivity contribution in [2.45, 2.75) is 39.0 Å². The largest absolute Gasteiger partial charge is 0.342 e. The van der Waals surface area contributed by atoms with E-state index in [-0.39, 0.29) is 29.6 Å². The Labute approximate surface area is 148 Å². The van der Waals surface area contributed by atoms with E-state index >= 15 is 0 Å². The normalized spacial score (nSPS) is 22.7. The van der Waals surface area contributed by atoms with Gasteiger partial charge in [0.2, 0.25) is 17.7 Å². The minimum Gasteiger partial charge on any atom is -0.342 e. The fourth-order valence-corrected chi connectivity index (χ4v) is 3.36. The molecule has 0 aromatic heterocycles.